The van der Waals surface area contributed by atoms with E-state index < -0.39 is 27.6 Å². The Kier molecular flexibility index (Phi) is 4.13. The zero-order valence-electron chi connectivity index (χ0n) is 10.7. The number of carbonyl (C=O) groups is 2. The van der Waals surface area contributed by atoms with Gasteiger partial charge in [-0.15, -0.1) is 0 Å². The molecule has 0 unspecified atom stereocenters. The summed E-state index contributed by atoms with van der Waals surface area (Å²) >= 11 is 0. The summed E-state index contributed by atoms with van der Waals surface area (Å²) in [5.74, 6) is -2.30. The van der Waals surface area contributed by atoms with E-state index in [0.717, 1.165) is 12.8 Å². The van der Waals surface area contributed by atoms with E-state index in [9.17, 15) is 18.0 Å². The highest BCUT2D eigenvalue weighted by Crippen LogP contribution is 2.30. The summed E-state index contributed by atoms with van der Waals surface area (Å²) < 4.78 is 22.7. The van der Waals surface area contributed by atoms with Crippen LogP contribution in [0.1, 0.15) is 32.1 Å². The summed E-state index contributed by atoms with van der Waals surface area (Å²) in [6.45, 7) is 0. The number of hydrogen-bond donors (Lipinski definition) is 2. The third-order valence-electron chi connectivity index (χ3n) is 4.00. The molecule has 1 saturated heterocycles. The zero-order chi connectivity index (χ0) is 14.0. The minimum atomic E-state index is -3.03. The molecule has 1 amide bonds. The Morgan fingerprint density at radius 3 is 2.21 bits per heavy atom. The average molecular weight is 289 g/mol. The number of carboxylic acid groups (broad SMARTS) is 1. The SMILES string of the molecule is O=C(O)[C@@H]1CCCC[C@H]1C(=O)N[C@H]1CCS(=O)(=O)C1. The monoisotopic (exact) mass is 289 g/mol. The molecule has 0 radical (unpaired) electrons. The van der Waals surface area contributed by atoms with Gasteiger partial charge in [0.05, 0.1) is 23.3 Å². The van der Waals surface area contributed by atoms with Gasteiger partial charge in [-0.25, -0.2) is 8.42 Å². The van der Waals surface area contributed by atoms with Gasteiger partial charge in [-0.2, -0.15) is 0 Å². The number of sulfone groups is 1. The number of hydrogen-bond acceptors (Lipinski definition) is 4. The summed E-state index contributed by atoms with van der Waals surface area (Å²) in [5.41, 5.74) is 0. The van der Waals surface area contributed by atoms with E-state index in [1.165, 1.54) is 0 Å². The normalized spacial score (nSPS) is 33.8. The third kappa shape index (κ3) is 3.46. The van der Waals surface area contributed by atoms with E-state index in [4.69, 9.17) is 5.11 Å². The minimum absolute atomic E-state index is 0.0246. The highest BCUT2D eigenvalue weighted by atomic mass is 32.2. The van der Waals surface area contributed by atoms with Crippen LogP contribution < -0.4 is 5.32 Å². The molecule has 1 saturated carbocycles. The van der Waals surface area contributed by atoms with Crippen molar-refractivity contribution in [2.45, 2.75) is 38.1 Å². The minimum Gasteiger partial charge on any atom is -0.481 e. The Morgan fingerprint density at radius 1 is 1.05 bits per heavy atom. The number of amides is 1. The molecule has 0 spiro atoms. The molecule has 2 aliphatic rings. The van der Waals surface area contributed by atoms with Crippen LogP contribution in [0, 0.1) is 11.8 Å². The Morgan fingerprint density at radius 2 is 1.68 bits per heavy atom. The molecule has 2 N–H and O–H groups in total. The van der Waals surface area contributed by atoms with Crippen LogP contribution in [0.25, 0.3) is 0 Å². The number of aliphatic carboxylic acids is 1. The fourth-order valence-electron chi connectivity index (χ4n) is 2.96. The molecule has 108 valence electrons. The molecule has 3 atom stereocenters. The molecule has 2 rings (SSSR count). The maximum absolute atomic E-state index is 12.1. The number of nitrogens with one attached hydrogen (secondary N) is 1. The molecule has 1 heterocycles. The van der Waals surface area contributed by atoms with Gasteiger partial charge in [-0.3, -0.25) is 9.59 Å². The summed E-state index contributed by atoms with van der Waals surface area (Å²) in [7, 11) is -3.03. The van der Waals surface area contributed by atoms with E-state index in [2.05, 4.69) is 5.32 Å². The van der Waals surface area contributed by atoms with Crippen LogP contribution in [0.3, 0.4) is 0 Å². The average Bonchev–Trinajstić information content (AvgIpc) is 2.68. The van der Waals surface area contributed by atoms with Crippen molar-refractivity contribution >= 4 is 21.7 Å². The Hall–Kier alpha value is -1.11. The standard InChI is InChI=1S/C12H19NO5S/c14-11(13-8-5-6-19(17,18)7-8)9-3-1-2-4-10(9)12(15)16/h8-10H,1-7H2,(H,13,14)(H,15,16)/t8-,9+,10+/m0/s1. The summed E-state index contributed by atoms with van der Waals surface area (Å²) in [6.07, 6.45) is 3.21. The van der Waals surface area contributed by atoms with Gasteiger partial charge in [0.15, 0.2) is 9.84 Å². The van der Waals surface area contributed by atoms with Crippen molar-refractivity contribution in [3.05, 3.63) is 0 Å². The van der Waals surface area contributed by atoms with E-state index in [0.29, 0.717) is 19.3 Å². The number of rotatable bonds is 3. The van der Waals surface area contributed by atoms with Crippen LogP contribution in [0.15, 0.2) is 0 Å². The molecule has 0 bridgehead atoms. The summed E-state index contributed by atoms with van der Waals surface area (Å²) in [5, 5.41) is 11.8. The van der Waals surface area contributed by atoms with Gasteiger partial charge in [0.1, 0.15) is 0 Å². The van der Waals surface area contributed by atoms with Gasteiger partial charge in [0, 0.05) is 6.04 Å². The molecular formula is C12H19NO5S. The first-order valence-electron chi connectivity index (χ1n) is 6.62. The highest BCUT2D eigenvalue weighted by molar-refractivity contribution is 7.91. The Bertz CT molecular complexity index is 473. The molecular weight excluding hydrogens is 270 g/mol. The van der Waals surface area contributed by atoms with E-state index in [-0.39, 0.29) is 23.5 Å². The third-order valence-corrected chi connectivity index (χ3v) is 5.77. The first kappa shape index (κ1) is 14.3. The van der Waals surface area contributed by atoms with Crippen molar-refractivity contribution in [1.29, 1.82) is 0 Å². The smallest absolute Gasteiger partial charge is 0.307 e. The van der Waals surface area contributed by atoms with Crippen LogP contribution in [-0.2, 0) is 19.4 Å². The van der Waals surface area contributed by atoms with E-state index >= 15 is 0 Å². The molecule has 7 heteroatoms. The van der Waals surface area contributed by atoms with Crippen LogP contribution >= 0.6 is 0 Å². The lowest BCUT2D eigenvalue weighted by Gasteiger charge is -2.28. The lowest BCUT2D eigenvalue weighted by atomic mass is 9.78. The lowest BCUT2D eigenvalue weighted by molar-refractivity contribution is -0.149. The molecule has 1 aliphatic heterocycles. The maximum atomic E-state index is 12.1. The predicted octanol–water partition coefficient (Wildman–Crippen LogP) is 0.181. The zero-order valence-corrected chi connectivity index (χ0v) is 11.5. The molecule has 1 aliphatic carbocycles. The lowest BCUT2D eigenvalue weighted by Crippen LogP contribution is -2.44. The first-order chi connectivity index (χ1) is 8.89. The molecule has 2 fully saturated rings. The first-order valence-corrected chi connectivity index (χ1v) is 8.45. The van der Waals surface area contributed by atoms with Crippen molar-refractivity contribution < 1.29 is 23.1 Å². The number of carbonyl (C=O) groups excluding carboxylic acids is 1. The van der Waals surface area contributed by atoms with Gasteiger partial charge in [0.2, 0.25) is 5.91 Å². The maximum Gasteiger partial charge on any atom is 0.307 e. The number of carboxylic acids is 1. The van der Waals surface area contributed by atoms with Crippen molar-refractivity contribution in [1.82, 2.24) is 5.32 Å². The van der Waals surface area contributed by atoms with Gasteiger partial charge < -0.3 is 10.4 Å². The van der Waals surface area contributed by atoms with Gasteiger partial charge in [0.25, 0.3) is 0 Å². The predicted molar refractivity (Wildman–Crippen MR) is 68.3 cm³/mol. The molecule has 0 aromatic rings. The van der Waals surface area contributed by atoms with Crippen molar-refractivity contribution in [2.75, 3.05) is 11.5 Å². The second-order valence-corrected chi connectivity index (χ2v) is 7.67. The molecule has 19 heavy (non-hydrogen) atoms. The fourth-order valence-corrected chi connectivity index (χ4v) is 4.63. The Labute approximate surface area is 112 Å². The second kappa shape index (κ2) is 5.48. The van der Waals surface area contributed by atoms with Crippen LogP contribution in [-0.4, -0.2) is 42.9 Å². The van der Waals surface area contributed by atoms with E-state index in [1.54, 1.807) is 0 Å². The fraction of sp³-hybridized carbons (Fsp3) is 0.833. The highest BCUT2D eigenvalue weighted by Gasteiger charge is 2.37. The molecule has 0 aromatic heterocycles. The van der Waals surface area contributed by atoms with Gasteiger partial charge >= 0.3 is 5.97 Å². The van der Waals surface area contributed by atoms with Crippen molar-refractivity contribution in [2.24, 2.45) is 11.8 Å². The van der Waals surface area contributed by atoms with Gasteiger partial charge in [-0.1, -0.05) is 12.8 Å². The topological polar surface area (TPSA) is 101 Å². The molecule has 6 nitrogen and oxygen atoms in total. The van der Waals surface area contributed by atoms with Gasteiger partial charge in [-0.05, 0) is 19.3 Å². The van der Waals surface area contributed by atoms with Crippen LogP contribution in [0.2, 0.25) is 0 Å². The van der Waals surface area contributed by atoms with Crippen LogP contribution in [0.5, 0.6) is 0 Å². The summed E-state index contributed by atoms with van der Waals surface area (Å²) in [6, 6.07) is -0.353. The van der Waals surface area contributed by atoms with Crippen molar-refractivity contribution in [3.8, 4) is 0 Å². The van der Waals surface area contributed by atoms with E-state index in [1.807, 2.05) is 0 Å². The largest absolute Gasteiger partial charge is 0.481 e. The molecule has 0 aromatic carbocycles. The van der Waals surface area contributed by atoms with Crippen molar-refractivity contribution in [3.63, 3.8) is 0 Å². The Balaban J connectivity index is 1.97. The summed E-state index contributed by atoms with van der Waals surface area (Å²) in [4.78, 5) is 23.2. The second-order valence-electron chi connectivity index (χ2n) is 5.44. The quantitative estimate of drug-likeness (QED) is 0.772. The van der Waals surface area contributed by atoms with Crippen LogP contribution in [0.4, 0.5) is 0 Å².